The quantitative estimate of drug-likeness (QED) is 0.498. The number of nitrogens with zero attached hydrogens (tertiary/aromatic N) is 3. The number of aliphatic hydroxyl groups excluding tert-OH is 1. The smallest absolute Gasteiger partial charge is 0.120 e. The Kier molecular flexibility index (Phi) is 4.02. The van der Waals surface area contributed by atoms with Crippen LogP contribution < -0.4 is 4.74 Å². The van der Waals surface area contributed by atoms with E-state index in [9.17, 15) is 5.11 Å². The number of fused-ring (bicyclic) bond motifs is 1. The highest BCUT2D eigenvalue weighted by Crippen LogP contribution is 2.20. The lowest BCUT2D eigenvalue weighted by Gasteiger charge is -2.10. The number of rotatable bonds is 5. The zero-order valence-corrected chi connectivity index (χ0v) is 9.73. The molecule has 0 radical (unpaired) electrons. The average molecular weight is 243 g/mol. The lowest BCUT2D eigenvalue weighted by molar-refractivity contribution is 0.114. The molecule has 0 aliphatic carbocycles. The lowest BCUT2D eigenvalue weighted by atomic mass is 10.1. The molecule has 5 nitrogen and oxygen atoms in total. The van der Waals surface area contributed by atoms with Gasteiger partial charge in [-0.15, -0.1) is 0 Å². The van der Waals surface area contributed by atoms with Crippen LogP contribution in [0.25, 0.3) is 21.2 Å². The van der Waals surface area contributed by atoms with Gasteiger partial charge < -0.3 is 9.84 Å². The first-order valence-corrected chi connectivity index (χ1v) is 5.60. The molecule has 0 aliphatic rings. The lowest BCUT2D eigenvalue weighted by Crippen LogP contribution is -2.20. The Morgan fingerprint density at radius 2 is 2.00 bits per heavy atom. The van der Waals surface area contributed by atoms with Crippen molar-refractivity contribution in [1.29, 1.82) is 0 Å². The SMILES string of the molecule is [N-]=[N+]=NCC(O)COc1ccc2ccccc2c1. The van der Waals surface area contributed by atoms with Gasteiger partial charge in [-0.1, -0.05) is 35.4 Å². The van der Waals surface area contributed by atoms with Gasteiger partial charge in [0.2, 0.25) is 0 Å². The standard InChI is InChI=1S/C13H13N3O2/c14-16-15-8-12(17)9-18-13-6-5-10-3-1-2-4-11(10)7-13/h1-7,12,17H,8-9H2. The molecule has 5 heteroatoms. The third kappa shape index (κ3) is 3.13. The summed E-state index contributed by atoms with van der Waals surface area (Å²) in [5.74, 6) is 0.689. The van der Waals surface area contributed by atoms with E-state index in [0.29, 0.717) is 5.75 Å². The predicted molar refractivity (Wildman–Crippen MR) is 69.5 cm³/mol. The maximum absolute atomic E-state index is 9.47. The van der Waals surface area contributed by atoms with E-state index in [1.165, 1.54) is 0 Å². The van der Waals surface area contributed by atoms with Crippen LogP contribution in [0, 0.1) is 0 Å². The highest BCUT2D eigenvalue weighted by atomic mass is 16.5. The van der Waals surface area contributed by atoms with E-state index in [-0.39, 0.29) is 13.2 Å². The Balaban J connectivity index is 2.01. The molecule has 18 heavy (non-hydrogen) atoms. The second-order valence-corrected chi connectivity index (χ2v) is 3.89. The van der Waals surface area contributed by atoms with Gasteiger partial charge in [0.15, 0.2) is 0 Å². The molecule has 1 unspecified atom stereocenters. The molecule has 0 saturated heterocycles. The summed E-state index contributed by atoms with van der Waals surface area (Å²) in [6.07, 6.45) is -0.785. The first kappa shape index (κ1) is 12.2. The normalized spacial score (nSPS) is 11.8. The summed E-state index contributed by atoms with van der Waals surface area (Å²) in [4.78, 5) is 2.58. The van der Waals surface area contributed by atoms with Crippen molar-refractivity contribution in [3.8, 4) is 5.75 Å². The fourth-order valence-electron chi connectivity index (χ4n) is 1.63. The number of azide groups is 1. The Morgan fingerprint density at radius 1 is 1.22 bits per heavy atom. The van der Waals surface area contributed by atoms with Crippen LogP contribution in [0.3, 0.4) is 0 Å². The zero-order valence-electron chi connectivity index (χ0n) is 9.73. The Bertz CT molecular complexity index is 579. The Hall–Kier alpha value is -2.23. The average Bonchev–Trinajstić information content (AvgIpc) is 2.42. The van der Waals surface area contributed by atoms with Gasteiger partial charge in [-0.25, -0.2) is 0 Å². The molecule has 0 spiro atoms. The molecule has 0 fully saturated rings. The van der Waals surface area contributed by atoms with Crippen molar-refractivity contribution in [3.63, 3.8) is 0 Å². The number of benzene rings is 2. The number of ether oxygens (including phenoxy) is 1. The van der Waals surface area contributed by atoms with Crippen molar-refractivity contribution in [2.45, 2.75) is 6.10 Å². The predicted octanol–water partition coefficient (Wildman–Crippen LogP) is 2.89. The Labute approximate surface area is 104 Å². The molecule has 2 aromatic rings. The minimum Gasteiger partial charge on any atom is -0.491 e. The van der Waals surface area contributed by atoms with Crippen LogP contribution in [0.1, 0.15) is 0 Å². The topological polar surface area (TPSA) is 78.2 Å². The molecule has 0 aromatic heterocycles. The van der Waals surface area contributed by atoms with Crippen molar-refractivity contribution in [2.24, 2.45) is 5.11 Å². The molecular formula is C13H13N3O2. The van der Waals surface area contributed by atoms with Gasteiger partial charge in [0, 0.05) is 4.91 Å². The van der Waals surface area contributed by atoms with E-state index >= 15 is 0 Å². The molecule has 2 aromatic carbocycles. The minimum atomic E-state index is -0.785. The molecule has 0 bridgehead atoms. The van der Waals surface area contributed by atoms with E-state index < -0.39 is 6.10 Å². The summed E-state index contributed by atoms with van der Waals surface area (Å²) in [5.41, 5.74) is 8.13. The molecule has 0 heterocycles. The summed E-state index contributed by atoms with van der Waals surface area (Å²) < 4.78 is 5.44. The minimum absolute atomic E-state index is 0.0179. The van der Waals surface area contributed by atoms with Gasteiger partial charge in [0.25, 0.3) is 0 Å². The summed E-state index contributed by atoms with van der Waals surface area (Å²) >= 11 is 0. The van der Waals surface area contributed by atoms with Gasteiger partial charge >= 0.3 is 0 Å². The third-order valence-corrected chi connectivity index (χ3v) is 2.52. The van der Waals surface area contributed by atoms with Crippen molar-refractivity contribution in [1.82, 2.24) is 0 Å². The summed E-state index contributed by atoms with van der Waals surface area (Å²) in [7, 11) is 0. The van der Waals surface area contributed by atoms with Crippen LogP contribution >= 0.6 is 0 Å². The molecule has 0 amide bonds. The largest absolute Gasteiger partial charge is 0.491 e. The van der Waals surface area contributed by atoms with Gasteiger partial charge in [-0.05, 0) is 28.4 Å². The van der Waals surface area contributed by atoms with Crippen molar-refractivity contribution >= 4 is 10.8 Å². The van der Waals surface area contributed by atoms with Crippen LogP contribution in [-0.4, -0.2) is 24.4 Å². The molecule has 2 rings (SSSR count). The highest BCUT2D eigenvalue weighted by molar-refractivity contribution is 5.83. The van der Waals surface area contributed by atoms with Gasteiger partial charge in [0.05, 0.1) is 12.6 Å². The maximum atomic E-state index is 9.47. The molecule has 1 N–H and O–H groups in total. The second-order valence-electron chi connectivity index (χ2n) is 3.89. The number of hydrogen-bond donors (Lipinski definition) is 1. The van der Waals surface area contributed by atoms with Crippen LogP contribution in [0.2, 0.25) is 0 Å². The monoisotopic (exact) mass is 243 g/mol. The van der Waals surface area contributed by atoms with E-state index in [1.807, 2.05) is 42.5 Å². The molecule has 1 atom stereocenters. The van der Waals surface area contributed by atoms with E-state index in [4.69, 9.17) is 10.3 Å². The van der Waals surface area contributed by atoms with Crippen molar-refractivity contribution < 1.29 is 9.84 Å². The summed E-state index contributed by atoms with van der Waals surface area (Å²) in [6, 6.07) is 13.7. The first-order valence-electron chi connectivity index (χ1n) is 5.60. The molecule has 0 aliphatic heterocycles. The van der Waals surface area contributed by atoms with Crippen LogP contribution in [0.4, 0.5) is 0 Å². The van der Waals surface area contributed by atoms with Gasteiger partial charge in [-0.3, -0.25) is 0 Å². The summed E-state index contributed by atoms with van der Waals surface area (Å²) in [6.45, 7) is 0.126. The van der Waals surface area contributed by atoms with Crippen LogP contribution in [0.5, 0.6) is 5.75 Å². The van der Waals surface area contributed by atoms with Gasteiger partial charge in [0.1, 0.15) is 12.4 Å². The number of aliphatic hydroxyl groups is 1. The second kappa shape index (κ2) is 5.91. The van der Waals surface area contributed by atoms with E-state index in [2.05, 4.69) is 10.0 Å². The van der Waals surface area contributed by atoms with Crippen LogP contribution in [-0.2, 0) is 0 Å². The molecule has 0 saturated carbocycles. The fourth-order valence-corrected chi connectivity index (χ4v) is 1.63. The van der Waals surface area contributed by atoms with Gasteiger partial charge in [-0.2, -0.15) is 0 Å². The van der Waals surface area contributed by atoms with Crippen molar-refractivity contribution in [2.75, 3.05) is 13.2 Å². The van der Waals surface area contributed by atoms with E-state index in [0.717, 1.165) is 10.8 Å². The highest BCUT2D eigenvalue weighted by Gasteiger charge is 2.04. The summed E-state index contributed by atoms with van der Waals surface area (Å²) in [5, 5.41) is 15.0. The zero-order chi connectivity index (χ0) is 12.8. The number of hydrogen-bond acceptors (Lipinski definition) is 3. The molecule has 92 valence electrons. The Morgan fingerprint density at radius 3 is 2.78 bits per heavy atom. The molecular weight excluding hydrogens is 230 g/mol. The van der Waals surface area contributed by atoms with Crippen LogP contribution in [0.15, 0.2) is 47.6 Å². The first-order chi connectivity index (χ1) is 8.79. The van der Waals surface area contributed by atoms with Crippen molar-refractivity contribution in [3.05, 3.63) is 52.9 Å². The fraction of sp³-hybridized carbons (Fsp3) is 0.231. The van der Waals surface area contributed by atoms with E-state index in [1.54, 1.807) is 0 Å². The third-order valence-electron chi connectivity index (χ3n) is 2.52. The maximum Gasteiger partial charge on any atom is 0.120 e.